The summed E-state index contributed by atoms with van der Waals surface area (Å²) in [7, 11) is 1.77. The van der Waals surface area contributed by atoms with Crippen molar-refractivity contribution in [1.29, 1.82) is 0 Å². The average molecular weight is 343 g/mol. The Kier molecular flexibility index (Phi) is 4.07. The van der Waals surface area contributed by atoms with Crippen molar-refractivity contribution in [1.82, 2.24) is 20.0 Å². The topological polar surface area (TPSA) is 75.6 Å². The molecule has 0 saturated heterocycles. The monoisotopic (exact) mass is 343 g/mol. The van der Waals surface area contributed by atoms with Gasteiger partial charge in [-0.15, -0.1) is 0 Å². The standard InChI is InChI=1S/C20H17N5O/c1-25-19(13-18(24-25)14-6-3-2-4-7-14)20(26)22-16-9-5-8-15(12-16)17-10-11-21-23-17/h2-13H,1H3,(H,21,23)(H,22,26). The highest BCUT2D eigenvalue weighted by Gasteiger charge is 2.14. The van der Waals surface area contributed by atoms with E-state index in [4.69, 9.17) is 0 Å². The second-order valence-electron chi connectivity index (χ2n) is 5.91. The van der Waals surface area contributed by atoms with E-state index in [1.165, 1.54) is 0 Å². The predicted octanol–water partition coefficient (Wildman–Crippen LogP) is 3.73. The summed E-state index contributed by atoms with van der Waals surface area (Å²) < 4.78 is 1.59. The molecule has 1 amide bonds. The molecular formula is C20H17N5O. The van der Waals surface area contributed by atoms with E-state index in [-0.39, 0.29) is 5.91 Å². The fourth-order valence-corrected chi connectivity index (χ4v) is 2.81. The van der Waals surface area contributed by atoms with Crippen molar-refractivity contribution in [3.63, 3.8) is 0 Å². The van der Waals surface area contributed by atoms with Crippen LogP contribution in [0.25, 0.3) is 22.5 Å². The number of hydrogen-bond donors (Lipinski definition) is 2. The van der Waals surface area contributed by atoms with Crippen LogP contribution in [0.3, 0.4) is 0 Å². The number of anilines is 1. The van der Waals surface area contributed by atoms with Gasteiger partial charge < -0.3 is 5.32 Å². The second kappa shape index (κ2) is 6.68. The summed E-state index contributed by atoms with van der Waals surface area (Å²) in [6.45, 7) is 0. The van der Waals surface area contributed by atoms with Gasteiger partial charge in [0.25, 0.3) is 5.91 Å². The van der Waals surface area contributed by atoms with E-state index in [0.717, 1.165) is 22.5 Å². The molecule has 0 spiro atoms. The minimum atomic E-state index is -0.205. The molecular weight excluding hydrogens is 326 g/mol. The van der Waals surface area contributed by atoms with Crippen molar-refractivity contribution in [3.05, 3.63) is 78.6 Å². The maximum atomic E-state index is 12.7. The quantitative estimate of drug-likeness (QED) is 0.593. The van der Waals surface area contributed by atoms with Crippen molar-refractivity contribution in [2.24, 2.45) is 7.05 Å². The minimum absolute atomic E-state index is 0.205. The molecule has 0 unspecified atom stereocenters. The van der Waals surface area contributed by atoms with Crippen molar-refractivity contribution in [2.75, 3.05) is 5.32 Å². The third-order valence-electron chi connectivity index (χ3n) is 4.11. The zero-order valence-electron chi connectivity index (χ0n) is 14.2. The molecule has 4 rings (SSSR count). The Bertz CT molecular complexity index is 1040. The molecule has 0 aliphatic carbocycles. The second-order valence-corrected chi connectivity index (χ2v) is 5.91. The third-order valence-corrected chi connectivity index (χ3v) is 4.11. The van der Waals surface area contributed by atoms with Gasteiger partial charge >= 0.3 is 0 Å². The highest BCUT2D eigenvalue weighted by atomic mass is 16.2. The largest absolute Gasteiger partial charge is 0.321 e. The summed E-state index contributed by atoms with van der Waals surface area (Å²) in [5.74, 6) is -0.205. The van der Waals surface area contributed by atoms with E-state index >= 15 is 0 Å². The van der Waals surface area contributed by atoms with Gasteiger partial charge in [-0.1, -0.05) is 42.5 Å². The van der Waals surface area contributed by atoms with Crippen LogP contribution in [0, 0.1) is 0 Å². The molecule has 2 heterocycles. The fourth-order valence-electron chi connectivity index (χ4n) is 2.81. The Morgan fingerprint density at radius 1 is 1.00 bits per heavy atom. The van der Waals surface area contributed by atoms with Gasteiger partial charge in [-0.05, 0) is 24.3 Å². The van der Waals surface area contributed by atoms with Gasteiger partial charge in [0, 0.05) is 30.1 Å². The van der Waals surface area contributed by atoms with Crippen LogP contribution in [-0.2, 0) is 7.05 Å². The van der Waals surface area contributed by atoms with Gasteiger partial charge in [-0.3, -0.25) is 14.6 Å². The van der Waals surface area contributed by atoms with E-state index in [1.54, 1.807) is 24.0 Å². The lowest BCUT2D eigenvalue weighted by molar-refractivity contribution is 0.101. The van der Waals surface area contributed by atoms with Gasteiger partial charge in [-0.25, -0.2) is 0 Å². The van der Waals surface area contributed by atoms with Gasteiger partial charge in [-0.2, -0.15) is 10.2 Å². The Labute approximate surface area is 150 Å². The van der Waals surface area contributed by atoms with Gasteiger partial charge in [0.05, 0.1) is 11.4 Å². The first-order valence-electron chi connectivity index (χ1n) is 8.21. The molecule has 4 aromatic rings. The molecule has 2 N–H and O–H groups in total. The molecule has 0 aliphatic heterocycles. The number of aromatic amines is 1. The number of nitrogens with zero attached hydrogens (tertiary/aromatic N) is 3. The number of carbonyl (C=O) groups excluding carboxylic acids is 1. The number of benzene rings is 2. The first-order valence-corrected chi connectivity index (χ1v) is 8.21. The molecule has 6 heteroatoms. The lowest BCUT2D eigenvalue weighted by Gasteiger charge is -2.06. The molecule has 6 nitrogen and oxygen atoms in total. The Hall–Kier alpha value is -3.67. The number of amides is 1. The van der Waals surface area contributed by atoms with E-state index in [1.807, 2.05) is 60.7 Å². The fraction of sp³-hybridized carbons (Fsp3) is 0.0500. The predicted molar refractivity (Wildman–Crippen MR) is 101 cm³/mol. The van der Waals surface area contributed by atoms with Crippen molar-refractivity contribution in [2.45, 2.75) is 0 Å². The summed E-state index contributed by atoms with van der Waals surface area (Å²) >= 11 is 0. The number of H-pyrrole nitrogens is 1. The molecule has 26 heavy (non-hydrogen) atoms. The van der Waals surface area contributed by atoms with E-state index in [2.05, 4.69) is 20.6 Å². The van der Waals surface area contributed by atoms with Crippen LogP contribution < -0.4 is 5.32 Å². The molecule has 0 atom stereocenters. The smallest absolute Gasteiger partial charge is 0.273 e. The molecule has 2 aromatic carbocycles. The normalized spacial score (nSPS) is 10.7. The summed E-state index contributed by atoms with van der Waals surface area (Å²) in [5.41, 5.74) is 4.80. The van der Waals surface area contributed by atoms with E-state index in [0.29, 0.717) is 11.4 Å². The number of nitrogens with one attached hydrogen (secondary N) is 2. The maximum Gasteiger partial charge on any atom is 0.273 e. The molecule has 0 aliphatic rings. The summed E-state index contributed by atoms with van der Waals surface area (Å²) in [5, 5.41) is 14.3. The number of aryl methyl sites for hydroxylation is 1. The van der Waals surface area contributed by atoms with E-state index in [9.17, 15) is 4.79 Å². The summed E-state index contributed by atoms with van der Waals surface area (Å²) in [4.78, 5) is 12.7. The molecule has 128 valence electrons. The van der Waals surface area contributed by atoms with Crippen LogP contribution in [-0.4, -0.2) is 25.9 Å². The SMILES string of the molecule is Cn1nc(-c2ccccc2)cc1C(=O)Nc1cccc(-c2ccn[nH]2)c1. The highest BCUT2D eigenvalue weighted by molar-refractivity contribution is 6.04. The highest BCUT2D eigenvalue weighted by Crippen LogP contribution is 2.22. The molecule has 0 radical (unpaired) electrons. The van der Waals surface area contributed by atoms with Crippen molar-refractivity contribution in [3.8, 4) is 22.5 Å². The van der Waals surface area contributed by atoms with Crippen LogP contribution in [0.1, 0.15) is 10.5 Å². The summed E-state index contributed by atoms with van der Waals surface area (Å²) in [6.07, 6.45) is 1.70. The van der Waals surface area contributed by atoms with Gasteiger partial charge in [0.15, 0.2) is 0 Å². The molecule has 0 bridgehead atoms. The van der Waals surface area contributed by atoms with Crippen molar-refractivity contribution < 1.29 is 4.79 Å². The third kappa shape index (κ3) is 3.12. The Morgan fingerprint density at radius 3 is 2.58 bits per heavy atom. The lowest BCUT2D eigenvalue weighted by atomic mass is 10.1. The average Bonchev–Trinajstić information content (AvgIpc) is 3.32. The van der Waals surface area contributed by atoms with Gasteiger partial charge in [0.1, 0.15) is 5.69 Å². The lowest BCUT2D eigenvalue weighted by Crippen LogP contribution is -2.16. The van der Waals surface area contributed by atoms with Crippen LogP contribution in [0.2, 0.25) is 0 Å². The van der Waals surface area contributed by atoms with E-state index < -0.39 is 0 Å². The number of hydrogen-bond acceptors (Lipinski definition) is 3. The maximum absolute atomic E-state index is 12.7. The Balaban J connectivity index is 1.58. The molecule has 2 aromatic heterocycles. The van der Waals surface area contributed by atoms with Gasteiger partial charge in [0.2, 0.25) is 0 Å². The van der Waals surface area contributed by atoms with Crippen LogP contribution in [0.15, 0.2) is 72.9 Å². The number of aromatic nitrogens is 4. The van der Waals surface area contributed by atoms with Crippen LogP contribution in [0.4, 0.5) is 5.69 Å². The minimum Gasteiger partial charge on any atom is -0.321 e. The zero-order chi connectivity index (χ0) is 17.9. The molecule has 0 saturated carbocycles. The van der Waals surface area contributed by atoms with Crippen LogP contribution in [0.5, 0.6) is 0 Å². The zero-order valence-corrected chi connectivity index (χ0v) is 14.2. The first-order chi connectivity index (χ1) is 12.7. The first kappa shape index (κ1) is 15.8. The number of rotatable bonds is 4. The van der Waals surface area contributed by atoms with Crippen LogP contribution >= 0.6 is 0 Å². The molecule has 0 fully saturated rings. The Morgan fingerprint density at radius 2 is 1.81 bits per heavy atom. The number of carbonyl (C=O) groups is 1. The summed E-state index contributed by atoms with van der Waals surface area (Å²) in [6, 6.07) is 21.1. The van der Waals surface area contributed by atoms with Crippen molar-refractivity contribution >= 4 is 11.6 Å².